The largest absolute Gasteiger partial charge is 0.483 e. The third-order valence-corrected chi connectivity index (χ3v) is 11.0. The lowest BCUT2D eigenvalue weighted by Crippen LogP contribution is -2.41. The van der Waals surface area contributed by atoms with E-state index in [2.05, 4.69) is 17.0 Å². The van der Waals surface area contributed by atoms with Crippen molar-refractivity contribution in [1.82, 2.24) is 14.6 Å². The lowest BCUT2D eigenvalue weighted by atomic mass is 9.92. The van der Waals surface area contributed by atoms with Crippen LogP contribution in [0.2, 0.25) is 0 Å². The Morgan fingerprint density at radius 3 is 2.11 bits per heavy atom. The number of unbranched alkanes of at least 4 members (excludes halogenated alkanes) is 13. The van der Waals surface area contributed by atoms with Crippen molar-refractivity contribution in [1.29, 1.82) is 15.8 Å². The van der Waals surface area contributed by atoms with Crippen LogP contribution >= 0.6 is 7.82 Å². The van der Waals surface area contributed by atoms with Crippen LogP contribution in [-0.4, -0.2) is 80.5 Å². The Bertz CT molecular complexity index is 1870. The number of phosphoric ester groups is 1. The molecule has 0 spiro atoms. The number of hydrogen-bond acceptors (Lipinski definition) is 14. The number of phosphoric acid groups is 1. The van der Waals surface area contributed by atoms with Crippen LogP contribution in [0.3, 0.4) is 0 Å². The number of nitrogens with two attached hydrogens (primary N) is 1. The van der Waals surface area contributed by atoms with Crippen molar-refractivity contribution >= 4 is 19.2 Å². The number of aliphatic hydroxyl groups excluding tert-OH is 2. The first-order valence-electron chi connectivity index (χ1n) is 19.8. The Morgan fingerprint density at radius 2 is 1.53 bits per heavy atom. The quantitative estimate of drug-likeness (QED) is 0.0514. The molecule has 0 amide bonds. The second kappa shape index (κ2) is 22.7. The predicted molar refractivity (Wildman–Crippen MR) is 209 cm³/mol. The molecule has 1 aliphatic heterocycles. The van der Waals surface area contributed by atoms with Gasteiger partial charge >= 0.3 is 7.82 Å². The van der Waals surface area contributed by atoms with Gasteiger partial charge < -0.3 is 35.1 Å². The Balaban J connectivity index is 1.29. The number of nitrogen functional groups attached to an aromatic ring is 1. The van der Waals surface area contributed by atoms with E-state index >= 15 is 0 Å². The average molecular weight is 810 g/mol. The summed E-state index contributed by atoms with van der Waals surface area (Å²) >= 11 is 0. The van der Waals surface area contributed by atoms with Gasteiger partial charge in [-0.3, -0.25) is 9.05 Å². The number of rotatable bonds is 26. The number of nitriles is 3. The maximum atomic E-state index is 13.1. The molecule has 1 aliphatic rings. The molecule has 0 aliphatic carbocycles. The highest BCUT2D eigenvalue weighted by atomic mass is 31.2. The molecule has 4 rings (SSSR count). The first kappa shape index (κ1) is 45.6. The molecule has 1 saturated heterocycles. The van der Waals surface area contributed by atoms with Crippen molar-refractivity contribution in [3.63, 3.8) is 0 Å². The number of nitrogens with zero attached hydrogens (tertiary/aromatic N) is 6. The van der Waals surface area contributed by atoms with Gasteiger partial charge in [0.1, 0.15) is 54.5 Å². The second-order valence-corrected chi connectivity index (χ2v) is 15.9. The first-order valence-corrected chi connectivity index (χ1v) is 21.3. The molecule has 16 nitrogen and oxygen atoms in total. The Kier molecular flexibility index (Phi) is 18.2. The van der Waals surface area contributed by atoms with E-state index in [-0.39, 0.29) is 35.0 Å². The molecule has 2 aromatic heterocycles. The highest BCUT2D eigenvalue weighted by molar-refractivity contribution is 7.47. The van der Waals surface area contributed by atoms with Crippen LogP contribution in [0.4, 0.5) is 5.82 Å². The molecule has 0 saturated carbocycles. The Hall–Kier alpha value is -4.14. The summed E-state index contributed by atoms with van der Waals surface area (Å²) in [5, 5.41) is 55.6. The number of aliphatic hydroxyl groups is 2. The van der Waals surface area contributed by atoms with Gasteiger partial charge in [-0.15, -0.1) is 0 Å². The van der Waals surface area contributed by atoms with Gasteiger partial charge in [-0.25, -0.2) is 14.1 Å². The zero-order chi connectivity index (χ0) is 41.3. The highest BCUT2D eigenvalue weighted by Crippen LogP contribution is 2.46. The lowest BCUT2D eigenvalue weighted by Gasteiger charge is -2.24. The van der Waals surface area contributed by atoms with Crippen LogP contribution in [0.5, 0.6) is 5.75 Å². The van der Waals surface area contributed by atoms with Gasteiger partial charge in [0.2, 0.25) is 5.60 Å². The smallest absolute Gasteiger partial charge is 0.472 e. The van der Waals surface area contributed by atoms with Gasteiger partial charge in [-0.1, -0.05) is 90.4 Å². The summed E-state index contributed by atoms with van der Waals surface area (Å²) in [5.41, 5.74) is 5.01. The van der Waals surface area contributed by atoms with Gasteiger partial charge in [0.05, 0.1) is 36.6 Å². The van der Waals surface area contributed by atoms with Crippen LogP contribution in [0.1, 0.15) is 119 Å². The van der Waals surface area contributed by atoms with Crippen molar-refractivity contribution in [3.05, 3.63) is 53.0 Å². The van der Waals surface area contributed by atoms with Gasteiger partial charge in [0, 0.05) is 6.61 Å². The number of ether oxygens (including phenoxy) is 3. The molecule has 5 N–H and O–H groups in total. The van der Waals surface area contributed by atoms with Crippen molar-refractivity contribution < 1.29 is 42.9 Å². The summed E-state index contributed by atoms with van der Waals surface area (Å²) in [6, 6.07) is 12.0. The predicted octanol–water partition coefficient (Wildman–Crippen LogP) is 6.28. The number of fused-ring (bicyclic) bond motifs is 1. The van der Waals surface area contributed by atoms with E-state index < -0.39 is 51.1 Å². The molecule has 17 heteroatoms. The minimum absolute atomic E-state index is 0.0118. The maximum Gasteiger partial charge on any atom is 0.472 e. The topological polar surface area (TPSA) is 251 Å². The average Bonchev–Trinajstić information content (AvgIpc) is 3.75. The standard InChI is InChI=1S/C40H56N7O9P/c1-3-4-5-6-7-8-9-10-11-12-13-14-15-16-19-52-24-32(55-37-30(22-41)20-29(2)21-31(37)23-42)25-53-57(50,51)54-26-34-36(48)38(49)40(27-43,56-34)35-18-17-33-39(44)45-28-46-47(33)35/h17-18,20-21,28,32,34,36,38,48-49H,3-16,19,24-26H2,1-2H3,(H,50,51)(H2,44,45,46)/t32-,34+,36+,38+,40-/m0/s1. The Morgan fingerprint density at radius 1 is 0.930 bits per heavy atom. The number of benzene rings is 1. The minimum Gasteiger partial charge on any atom is -0.483 e. The number of anilines is 1. The summed E-state index contributed by atoms with van der Waals surface area (Å²) in [6.07, 6.45) is 12.2. The van der Waals surface area contributed by atoms with Crippen molar-refractivity contribution in [2.75, 3.05) is 32.2 Å². The van der Waals surface area contributed by atoms with Gasteiger partial charge in [0.15, 0.2) is 11.6 Å². The van der Waals surface area contributed by atoms with E-state index in [1.165, 1.54) is 80.9 Å². The van der Waals surface area contributed by atoms with Gasteiger partial charge in [-0.05, 0) is 43.2 Å². The van der Waals surface area contributed by atoms with E-state index in [9.17, 15) is 35.5 Å². The fourth-order valence-electron chi connectivity index (χ4n) is 6.90. The summed E-state index contributed by atoms with van der Waals surface area (Å²) in [6.45, 7) is 2.97. The molecule has 1 unspecified atom stereocenters. The number of aromatic nitrogens is 3. The van der Waals surface area contributed by atoms with Crippen molar-refractivity contribution in [2.24, 2.45) is 0 Å². The Labute approximate surface area is 334 Å². The molecule has 1 aromatic carbocycles. The van der Waals surface area contributed by atoms with E-state index in [1.54, 1.807) is 19.1 Å². The normalized spacial score (nSPS) is 20.8. The van der Waals surface area contributed by atoms with E-state index in [0.717, 1.165) is 32.0 Å². The molecule has 6 atom stereocenters. The highest BCUT2D eigenvalue weighted by Gasteiger charge is 2.58. The van der Waals surface area contributed by atoms with Gasteiger partial charge in [-0.2, -0.15) is 20.9 Å². The molecule has 310 valence electrons. The van der Waals surface area contributed by atoms with Crippen LogP contribution in [0.15, 0.2) is 30.6 Å². The molecule has 3 aromatic rings. The van der Waals surface area contributed by atoms with Crippen molar-refractivity contribution in [3.8, 4) is 24.0 Å². The monoisotopic (exact) mass is 809 g/mol. The zero-order valence-electron chi connectivity index (χ0n) is 32.9. The number of hydrogen-bond donors (Lipinski definition) is 4. The second-order valence-electron chi connectivity index (χ2n) is 14.5. The lowest BCUT2D eigenvalue weighted by molar-refractivity contribution is -0.0651. The van der Waals surface area contributed by atoms with Gasteiger partial charge in [0.25, 0.3) is 0 Å². The summed E-state index contributed by atoms with van der Waals surface area (Å²) in [7, 11) is -4.89. The molecule has 1 fully saturated rings. The molecular formula is C40H56N7O9P. The van der Waals surface area contributed by atoms with Crippen LogP contribution in [0, 0.1) is 40.9 Å². The first-order chi connectivity index (χ1) is 27.5. The number of aryl methyl sites for hydroxylation is 1. The van der Waals surface area contributed by atoms with Crippen LogP contribution in [-0.2, 0) is 28.7 Å². The van der Waals surface area contributed by atoms with E-state index in [4.69, 9.17) is 29.0 Å². The van der Waals surface area contributed by atoms with Crippen LogP contribution in [0.25, 0.3) is 5.52 Å². The molecular weight excluding hydrogens is 753 g/mol. The molecule has 3 heterocycles. The third-order valence-electron chi connectivity index (χ3n) is 10.0. The third kappa shape index (κ3) is 12.7. The molecule has 0 radical (unpaired) electrons. The summed E-state index contributed by atoms with van der Waals surface area (Å²) in [5.74, 6) is 0.0930. The SMILES string of the molecule is CCCCCCCCCCCCCCCCOC[C@@H](COP(=O)(O)OC[C@H]1O[C@@](C#N)(c2ccc3c(N)ncnn23)[C@H](O)[C@@H]1O)Oc1c(C#N)cc(C)cc1C#N. The fraction of sp³-hybridized carbons (Fsp3) is 0.625. The fourth-order valence-corrected chi connectivity index (χ4v) is 7.66. The van der Waals surface area contributed by atoms with E-state index in [0.29, 0.717) is 17.7 Å². The summed E-state index contributed by atoms with van der Waals surface area (Å²) in [4.78, 5) is 14.5. The minimum atomic E-state index is -4.89. The van der Waals surface area contributed by atoms with E-state index in [1.807, 2.05) is 18.2 Å². The molecule has 0 bridgehead atoms. The summed E-state index contributed by atoms with van der Waals surface area (Å²) < 4.78 is 42.5. The molecule has 57 heavy (non-hydrogen) atoms. The maximum absolute atomic E-state index is 13.1. The van der Waals surface area contributed by atoms with Crippen LogP contribution < -0.4 is 10.5 Å². The van der Waals surface area contributed by atoms with Crippen molar-refractivity contribution in [2.45, 2.75) is 134 Å². The zero-order valence-corrected chi connectivity index (χ0v) is 33.8.